The van der Waals surface area contributed by atoms with Crippen LogP contribution in [0.1, 0.15) is 31.7 Å². The maximum absolute atomic E-state index is 13.1. The molecule has 1 atom stereocenters. The van der Waals surface area contributed by atoms with Crippen molar-refractivity contribution in [3.05, 3.63) is 28.8 Å². The lowest BCUT2D eigenvalue weighted by molar-refractivity contribution is -0.140. The first-order valence-electron chi connectivity index (χ1n) is 8.15. The molecule has 0 spiro atoms. The normalized spacial score (nSPS) is 18.8. The Labute approximate surface area is 155 Å². The van der Waals surface area contributed by atoms with Crippen LogP contribution in [0.3, 0.4) is 0 Å². The number of alkyl halides is 3. The zero-order valence-electron chi connectivity index (χ0n) is 14.1. The van der Waals surface area contributed by atoms with Crippen LogP contribution in [0.5, 0.6) is 0 Å². The van der Waals surface area contributed by atoms with E-state index in [2.05, 4.69) is 4.72 Å². The Kier molecular flexibility index (Phi) is 6.57. The number of benzene rings is 1. The first-order valence-corrected chi connectivity index (χ1v) is 10.0. The fraction of sp³-hybridized carbons (Fsp3) is 0.562. The Morgan fingerprint density at radius 1 is 1.38 bits per heavy atom. The third kappa shape index (κ3) is 5.34. The fourth-order valence-corrected chi connectivity index (χ4v) is 4.31. The molecule has 1 aromatic carbocycles. The third-order valence-electron chi connectivity index (χ3n) is 4.18. The molecule has 1 aliphatic rings. The molecule has 0 bridgehead atoms. The highest BCUT2D eigenvalue weighted by Crippen LogP contribution is 2.35. The fourth-order valence-electron chi connectivity index (χ4n) is 2.90. The van der Waals surface area contributed by atoms with Crippen LogP contribution in [-0.4, -0.2) is 38.9 Å². The molecule has 5 nitrogen and oxygen atoms in total. The van der Waals surface area contributed by atoms with Gasteiger partial charge in [0.2, 0.25) is 15.9 Å². The molecule has 1 N–H and O–H groups in total. The topological polar surface area (TPSA) is 66.5 Å². The van der Waals surface area contributed by atoms with E-state index in [1.807, 2.05) is 6.92 Å². The van der Waals surface area contributed by atoms with Gasteiger partial charge in [-0.15, -0.1) is 0 Å². The van der Waals surface area contributed by atoms with E-state index in [1.54, 1.807) is 4.90 Å². The predicted octanol–water partition coefficient (Wildman–Crippen LogP) is 3.29. The molecule has 0 aromatic heterocycles. The van der Waals surface area contributed by atoms with E-state index in [0.29, 0.717) is 25.1 Å². The van der Waals surface area contributed by atoms with Crippen molar-refractivity contribution in [3.63, 3.8) is 0 Å². The second-order valence-corrected chi connectivity index (χ2v) is 8.54. The van der Waals surface area contributed by atoms with Crippen molar-refractivity contribution in [1.82, 2.24) is 9.62 Å². The average Bonchev–Trinajstić information content (AvgIpc) is 2.53. The second-order valence-electron chi connectivity index (χ2n) is 6.37. The minimum atomic E-state index is -4.87. The maximum atomic E-state index is 13.1. The number of piperidine rings is 1. The van der Waals surface area contributed by atoms with Crippen LogP contribution >= 0.6 is 11.6 Å². The van der Waals surface area contributed by atoms with E-state index in [9.17, 15) is 26.4 Å². The quantitative estimate of drug-likeness (QED) is 0.807. The van der Waals surface area contributed by atoms with Crippen molar-refractivity contribution in [2.45, 2.75) is 37.3 Å². The lowest BCUT2D eigenvalue weighted by atomic mass is 10.0. The van der Waals surface area contributed by atoms with Crippen molar-refractivity contribution in [3.8, 4) is 0 Å². The lowest BCUT2D eigenvalue weighted by Gasteiger charge is -2.31. The number of hydrogen-bond acceptors (Lipinski definition) is 3. The van der Waals surface area contributed by atoms with Gasteiger partial charge in [-0.25, -0.2) is 13.1 Å². The molecule has 146 valence electrons. The van der Waals surface area contributed by atoms with E-state index in [-0.39, 0.29) is 23.9 Å². The zero-order valence-corrected chi connectivity index (χ0v) is 15.7. The van der Waals surface area contributed by atoms with Gasteiger partial charge in [-0.05, 0) is 37.0 Å². The lowest BCUT2D eigenvalue weighted by Crippen LogP contribution is -2.40. The van der Waals surface area contributed by atoms with Gasteiger partial charge in [0, 0.05) is 31.1 Å². The van der Waals surface area contributed by atoms with Crippen molar-refractivity contribution in [2.24, 2.45) is 5.92 Å². The van der Waals surface area contributed by atoms with Gasteiger partial charge in [-0.2, -0.15) is 13.2 Å². The zero-order chi connectivity index (χ0) is 19.5. The van der Waals surface area contributed by atoms with Gasteiger partial charge in [0.25, 0.3) is 0 Å². The number of likely N-dealkylation sites (tertiary alicyclic amines) is 1. The van der Waals surface area contributed by atoms with Crippen LogP contribution in [0, 0.1) is 5.92 Å². The van der Waals surface area contributed by atoms with Crippen molar-refractivity contribution in [1.29, 1.82) is 0 Å². The van der Waals surface area contributed by atoms with Gasteiger partial charge in [-0.1, -0.05) is 18.5 Å². The summed E-state index contributed by atoms with van der Waals surface area (Å²) in [7, 11) is -4.43. The van der Waals surface area contributed by atoms with Crippen molar-refractivity contribution in [2.75, 3.05) is 19.6 Å². The van der Waals surface area contributed by atoms with Crippen LogP contribution in [-0.2, 0) is 21.0 Å². The summed E-state index contributed by atoms with van der Waals surface area (Å²) in [5.41, 5.74) is -1.34. The molecule has 1 aliphatic heterocycles. The van der Waals surface area contributed by atoms with E-state index < -0.39 is 26.7 Å². The number of amides is 1. The third-order valence-corrected chi connectivity index (χ3v) is 5.93. The number of carbonyl (C=O) groups excluding carboxylic acids is 1. The number of carbonyl (C=O) groups is 1. The number of nitrogens with one attached hydrogen (secondary N) is 1. The number of rotatable bonds is 5. The summed E-state index contributed by atoms with van der Waals surface area (Å²) in [6.07, 6.45) is -3.05. The monoisotopic (exact) mass is 412 g/mol. The van der Waals surface area contributed by atoms with Crippen LogP contribution in [0.15, 0.2) is 23.1 Å². The molecule has 0 aliphatic carbocycles. The maximum Gasteiger partial charge on any atom is 0.417 e. The first kappa shape index (κ1) is 21.0. The van der Waals surface area contributed by atoms with Crippen molar-refractivity contribution >= 4 is 27.5 Å². The number of hydrogen-bond donors (Lipinski definition) is 1. The molecule has 1 aromatic rings. The van der Waals surface area contributed by atoms with Gasteiger partial charge in [0.05, 0.1) is 10.5 Å². The van der Waals surface area contributed by atoms with Crippen LogP contribution < -0.4 is 4.72 Å². The Hall–Kier alpha value is -1.32. The van der Waals surface area contributed by atoms with E-state index in [1.165, 1.54) is 0 Å². The van der Waals surface area contributed by atoms with Gasteiger partial charge >= 0.3 is 6.18 Å². The molecule has 26 heavy (non-hydrogen) atoms. The molecule has 2 rings (SSSR count). The number of halogens is 4. The molecular weight excluding hydrogens is 393 g/mol. The van der Waals surface area contributed by atoms with Gasteiger partial charge in [0.15, 0.2) is 0 Å². The summed E-state index contributed by atoms with van der Waals surface area (Å²) >= 11 is 5.55. The highest BCUT2D eigenvalue weighted by atomic mass is 35.5. The second kappa shape index (κ2) is 8.14. The molecule has 10 heteroatoms. The van der Waals surface area contributed by atoms with Crippen molar-refractivity contribution < 1.29 is 26.4 Å². The minimum absolute atomic E-state index is 0.110. The standard InChI is InChI=1S/C16H20ClF3N2O3S/c1-11-3-2-8-22(10-11)15(23)6-7-21-26(24,25)14-5-4-12(17)9-13(14)16(18,19)20/h4-5,9,11,21H,2-3,6-8,10H2,1H3. The van der Waals surface area contributed by atoms with Gasteiger partial charge in [-0.3, -0.25) is 4.79 Å². The molecule has 1 unspecified atom stereocenters. The molecule has 1 saturated heterocycles. The average molecular weight is 413 g/mol. The van der Waals surface area contributed by atoms with E-state index >= 15 is 0 Å². The summed E-state index contributed by atoms with van der Waals surface area (Å²) in [4.78, 5) is 12.9. The van der Waals surface area contributed by atoms with Crippen LogP contribution in [0.2, 0.25) is 5.02 Å². The first-order chi connectivity index (χ1) is 12.0. The molecular formula is C16H20ClF3N2O3S. The Bertz CT molecular complexity index is 768. The summed E-state index contributed by atoms with van der Waals surface area (Å²) in [5, 5.41) is -0.217. The van der Waals surface area contributed by atoms with Gasteiger partial charge < -0.3 is 4.90 Å². The largest absolute Gasteiger partial charge is 0.417 e. The summed E-state index contributed by atoms with van der Waals surface area (Å²) < 4.78 is 65.8. The van der Waals surface area contributed by atoms with Crippen LogP contribution in [0.4, 0.5) is 13.2 Å². The Morgan fingerprint density at radius 3 is 2.69 bits per heavy atom. The molecule has 1 fully saturated rings. The SMILES string of the molecule is CC1CCCN(C(=O)CCNS(=O)(=O)c2ccc(Cl)cc2C(F)(F)F)C1. The molecule has 1 heterocycles. The number of sulfonamides is 1. The highest BCUT2D eigenvalue weighted by molar-refractivity contribution is 7.89. The molecule has 1 amide bonds. The minimum Gasteiger partial charge on any atom is -0.342 e. The summed E-state index contributed by atoms with van der Waals surface area (Å²) in [6, 6.07) is 2.45. The Balaban J connectivity index is 2.04. The molecule has 0 saturated carbocycles. The molecule has 0 radical (unpaired) electrons. The van der Waals surface area contributed by atoms with E-state index in [0.717, 1.165) is 25.0 Å². The van der Waals surface area contributed by atoms with E-state index in [4.69, 9.17) is 11.6 Å². The highest BCUT2D eigenvalue weighted by Gasteiger charge is 2.37. The number of nitrogens with zero attached hydrogens (tertiary/aromatic N) is 1. The Morgan fingerprint density at radius 2 is 2.08 bits per heavy atom. The van der Waals surface area contributed by atoms with Crippen LogP contribution in [0.25, 0.3) is 0 Å². The summed E-state index contributed by atoms with van der Waals surface area (Å²) in [5.74, 6) is 0.166. The predicted molar refractivity (Wildman–Crippen MR) is 91.2 cm³/mol. The smallest absolute Gasteiger partial charge is 0.342 e. The van der Waals surface area contributed by atoms with Gasteiger partial charge in [0.1, 0.15) is 0 Å². The summed E-state index contributed by atoms with van der Waals surface area (Å²) in [6.45, 7) is 2.99.